The van der Waals surface area contributed by atoms with E-state index in [9.17, 15) is 4.79 Å². The molecule has 1 aromatic carbocycles. The van der Waals surface area contributed by atoms with E-state index in [0.29, 0.717) is 5.91 Å². The summed E-state index contributed by atoms with van der Waals surface area (Å²) in [7, 11) is 3.82. The molecule has 1 aromatic rings. The van der Waals surface area contributed by atoms with Gasteiger partial charge in [0.05, 0.1) is 13.2 Å². The van der Waals surface area contributed by atoms with Crippen molar-refractivity contribution in [2.75, 3.05) is 46.9 Å². The maximum atomic E-state index is 12.8. The Bertz CT molecular complexity index is 526. The zero-order valence-corrected chi connectivity index (χ0v) is 14.1. The largest absolute Gasteiger partial charge is 0.497 e. The van der Waals surface area contributed by atoms with Crippen molar-refractivity contribution < 1.29 is 9.53 Å². The molecule has 126 valence electrons. The van der Waals surface area contributed by atoms with Crippen molar-refractivity contribution >= 4 is 5.91 Å². The molecule has 1 N–H and O–H groups in total. The highest BCUT2D eigenvalue weighted by molar-refractivity contribution is 5.79. The fourth-order valence-electron chi connectivity index (χ4n) is 3.59. The Morgan fingerprint density at radius 3 is 2.52 bits per heavy atom. The monoisotopic (exact) mass is 317 g/mol. The Morgan fingerprint density at radius 1 is 1.17 bits per heavy atom. The first-order chi connectivity index (χ1) is 11.2. The van der Waals surface area contributed by atoms with Gasteiger partial charge in [-0.15, -0.1) is 0 Å². The van der Waals surface area contributed by atoms with Crippen LogP contribution in [-0.2, 0) is 4.79 Å². The van der Waals surface area contributed by atoms with Crippen LogP contribution in [0.25, 0.3) is 0 Å². The van der Waals surface area contributed by atoms with Crippen LogP contribution in [0.2, 0.25) is 0 Å². The van der Waals surface area contributed by atoms with Crippen molar-refractivity contribution in [3.8, 4) is 5.75 Å². The summed E-state index contributed by atoms with van der Waals surface area (Å²) in [5, 5.41) is 3.33. The normalized spacial score (nSPS) is 23.7. The molecule has 1 amide bonds. The summed E-state index contributed by atoms with van der Waals surface area (Å²) in [5.41, 5.74) is 1.25. The molecule has 0 bridgehead atoms. The lowest BCUT2D eigenvalue weighted by Gasteiger charge is -2.41. The summed E-state index contributed by atoms with van der Waals surface area (Å²) in [6.45, 7) is 4.48. The zero-order chi connectivity index (χ0) is 16.2. The molecule has 0 spiro atoms. The Balaban J connectivity index is 1.69. The van der Waals surface area contributed by atoms with Crippen LogP contribution < -0.4 is 10.1 Å². The number of amides is 1. The van der Waals surface area contributed by atoms with E-state index in [1.165, 1.54) is 5.56 Å². The van der Waals surface area contributed by atoms with Crippen molar-refractivity contribution in [1.29, 1.82) is 0 Å². The number of nitrogens with one attached hydrogen (secondary N) is 1. The van der Waals surface area contributed by atoms with Gasteiger partial charge in [0.1, 0.15) is 5.75 Å². The Labute approximate surface area is 138 Å². The third-order valence-corrected chi connectivity index (χ3v) is 5.15. The summed E-state index contributed by atoms with van der Waals surface area (Å²) in [5.74, 6) is 1.42. The maximum Gasteiger partial charge on any atom is 0.225 e. The van der Waals surface area contributed by atoms with Crippen molar-refractivity contribution in [3.63, 3.8) is 0 Å². The third kappa shape index (κ3) is 3.67. The first kappa shape index (κ1) is 16.3. The summed E-state index contributed by atoms with van der Waals surface area (Å²) < 4.78 is 5.24. The predicted octanol–water partition coefficient (Wildman–Crippen LogP) is 1.51. The van der Waals surface area contributed by atoms with E-state index in [1.54, 1.807) is 7.11 Å². The lowest BCUT2D eigenvalue weighted by atomic mass is 9.95. The number of benzene rings is 1. The number of carbonyl (C=O) groups is 1. The molecule has 0 unspecified atom stereocenters. The predicted molar refractivity (Wildman–Crippen MR) is 90.5 cm³/mol. The van der Waals surface area contributed by atoms with Crippen LogP contribution in [-0.4, -0.2) is 62.6 Å². The standard InChI is InChI=1S/C18H27N3O2/c1-20-11-12-21(18(22)15-7-9-19-10-8-15)13-17(20)14-3-5-16(23-2)6-4-14/h3-6,15,17,19H,7-13H2,1-2H3/t17-/m0/s1. The van der Waals surface area contributed by atoms with Gasteiger partial charge < -0.3 is 15.0 Å². The summed E-state index contributed by atoms with van der Waals surface area (Å²) in [6, 6.07) is 8.48. The number of nitrogens with zero attached hydrogens (tertiary/aromatic N) is 2. The van der Waals surface area contributed by atoms with Gasteiger partial charge >= 0.3 is 0 Å². The molecule has 23 heavy (non-hydrogen) atoms. The van der Waals surface area contributed by atoms with Gasteiger partial charge in [-0.05, 0) is 50.7 Å². The van der Waals surface area contributed by atoms with E-state index in [-0.39, 0.29) is 12.0 Å². The molecule has 1 atom stereocenters. The molecule has 2 heterocycles. The van der Waals surface area contributed by atoms with Crippen molar-refractivity contribution in [2.24, 2.45) is 5.92 Å². The minimum atomic E-state index is 0.205. The zero-order valence-electron chi connectivity index (χ0n) is 14.1. The number of hydrogen-bond acceptors (Lipinski definition) is 4. The minimum Gasteiger partial charge on any atom is -0.497 e. The highest BCUT2D eigenvalue weighted by atomic mass is 16.5. The smallest absolute Gasteiger partial charge is 0.225 e. The maximum absolute atomic E-state index is 12.8. The van der Waals surface area contributed by atoms with Crippen molar-refractivity contribution in [3.05, 3.63) is 29.8 Å². The van der Waals surface area contributed by atoms with E-state index in [2.05, 4.69) is 34.3 Å². The second kappa shape index (κ2) is 7.32. The molecule has 5 heteroatoms. The minimum absolute atomic E-state index is 0.205. The number of rotatable bonds is 3. The fraction of sp³-hybridized carbons (Fsp3) is 0.611. The van der Waals surface area contributed by atoms with Gasteiger partial charge in [-0.3, -0.25) is 9.69 Å². The van der Waals surface area contributed by atoms with E-state index in [4.69, 9.17) is 4.74 Å². The Morgan fingerprint density at radius 2 is 1.87 bits per heavy atom. The molecule has 2 saturated heterocycles. The SMILES string of the molecule is COc1ccc([C@@H]2CN(C(=O)C3CCNCC3)CCN2C)cc1. The fourth-order valence-corrected chi connectivity index (χ4v) is 3.59. The summed E-state index contributed by atoms with van der Waals surface area (Å²) in [6.07, 6.45) is 1.94. The van der Waals surface area contributed by atoms with Crippen LogP contribution in [0.15, 0.2) is 24.3 Å². The van der Waals surface area contributed by atoms with Crippen LogP contribution >= 0.6 is 0 Å². The number of ether oxygens (including phenoxy) is 1. The quantitative estimate of drug-likeness (QED) is 0.918. The molecule has 5 nitrogen and oxygen atoms in total. The van der Waals surface area contributed by atoms with Crippen LogP contribution in [0.1, 0.15) is 24.4 Å². The van der Waals surface area contributed by atoms with E-state index in [1.807, 2.05) is 12.1 Å². The van der Waals surface area contributed by atoms with Gasteiger partial charge in [0.25, 0.3) is 0 Å². The average molecular weight is 317 g/mol. The van der Waals surface area contributed by atoms with Gasteiger partial charge in [-0.1, -0.05) is 12.1 Å². The molecule has 0 aromatic heterocycles. The molecule has 0 saturated carbocycles. The Kier molecular flexibility index (Phi) is 5.18. The van der Waals surface area contributed by atoms with Crippen molar-refractivity contribution in [1.82, 2.24) is 15.1 Å². The number of likely N-dealkylation sites (N-methyl/N-ethyl adjacent to an activating group) is 1. The van der Waals surface area contributed by atoms with Gasteiger partial charge in [0.2, 0.25) is 5.91 Å². The van der Waals surface area contributed by atoms with E-state index in [0.717, 1.165) is 51.3 Å². The Hall–Kier alpha value is -1.59. The number of hydrogen-bond donors (Lipinski definition) is 1. The highest BCUT2D eigenvalue weighted by Crippen LogP contribution is 2.27. The lowest BCUT2D eigenvalue weighted by Crippen LogP contribution is -2.51. The lowest BCUT2D eigenvalue weighted by molar-refractivity contribution is -0.139. The number of methoxy groups -OCH3 is 1. The molecule has 3 rings (SSSR count). The summed E-state index contributed by atoms with van der Waals surface area (Å²) >= 11 is 0. The van der Waals surface area contributed by atoms with E-state index < -0.39 is 0 Å². The van der Waals surface area contributed by atoms with Gasteiger partial charge in [-0.25, -0.2) is 0 Å². The third-order valence-electron chi connectivity index (χ3n) is 5.15. The first-order valence-electron chi connectivity index (χ1n) is 8.52. The number of carbonyl (C=O) groups excluding carboxylic acids is 1. The van der Waals surface area contributed by atoms with Crippen LogP contribution in [0.3, 0.4) is 0 Å². The molecular weight excluding hydrogens is 290 g/mol. The van der Waals surface area contributed by atoms with Gasteiger partial charge in [-0.2, -0.15) is 0 Å². The first-order valence-corrected chi connectivity index (χ1v) is 8.52. The molecule has 2 aliphatic rings. The highest BCUT2D eigenvalue weighted by Gasteiger charge is 2.32. The van der Waals surface area contributed by atoms with Crippen LogP contribution in [0, 0.1) is 5.92 Å². The molecular formula is C18H27N3O2. The molecule has 0 aliphatic carbocycles. The molecule has 2 fully saturated rings. The molecule has 2 aliphatic heterocycles. The number of piperazine rings is 1. The van der Waals surface area contributed by atoms with Crippen LogP contribution in [0.4, 0.5) is 0 Å². The van der Waals surface area contributed by atoms with Crippen molar-refractivity contribution in [2.45, 2.75) is 18.9 Å². The van der Waals surface area contributed by atoms with Gasteiger partial charge in [0.15, 0.2) is 0 Å². The van der Waals surface area contributed by atoms with E-state index >= 15 is 0 Å². The van der Waals surface area contributed by atoms with Crippen LogP contribution in [0.5, 0.6) is 5.75 Å². The average Bonchev–Trinajstić information content (AvgIpc) is 2.62. The molecule has 0 radical (unpaired) electrons. The van der Waals surface area contributed by atoms with Gasteiger partial charge in [0, 0.05) is 25.6 Å². The second-order valence-corrected chi connectivity index (χ2v) is 6.58. The topological polar surface area (TPSA) is 44.8 Å². The second-order valence-electron chi connectivity index (χ2n) is 6.58. The summed E-state index contributed by atoms with van der Waals surface area (Å²) in [4.78, 5) is 17.2. The number of piperidine rings is 1.